The van der Waals surface area contributed by atoms with Gasteiger partial charge in [0.1, 0.15) is 0 Å². The molecule has 0 bridgehead atoms. The van der Waals surface area contributed by atoms with Gasteiger partial charge in [-0.25, -0.2) is 0 Å². The van der Waals surface area contributed by atoms with E-state index in [1.807, 2.05) is 60.7 Å². The van der Waals surface area contributed by atoms with Gasteiger partial charge in [0.25, 0.3) is 0 Å². The lowest BCUT2D eigenvalue weighted by Crippen LogP contribution is -2.36. The van der Waals surface area contributed by atoms with E-state index in [4.69, 9.17) is 0 Å². The average molecular weight is 348 g/mol. The molecule has 2 rings (SSSR count). The number of hydrogen-bond acceptors (Lipinski definition) is 2. The van der Waals surface area contributed by atoms with Gasteiger partial charge in [-0.1, -0.05) is 80.4 Å². The van der Waals surface area contributed by atoms with Gasteiger partial charge in [-0.2, -0.15) is 5.26 Å². The third-order valence-corrected chi connectivity index (χ3v) is 5.09. The van der Waals surface area contributed by atoms with Crippen molar-refractivity contribution in [3.05, 3.63) is 71.8 Å². The Morgan fingerprint density at radius 1 is 1.08 bits per heavy atom. The number of nitriles is 1. The van der Waals surface area contributed by atoms with Crippen molar-refractivity contribution >= 4 is 5.91 Å². The number of unbranched alkanes of at least 4 members (excludes halogenated alkanes) is 1. The van der Waals surface area contributed by atoms with E-state index in [-0.39, 0.29) is 11.8 Å². The fraction of sp³-hybridized carbons (Fsp3) is 0.391. The third kappa shape index (κ3) is 4.32. The number of rotatable bonds is 8. The standard InChI is InChI=1S/C23H28N2O/c1-4-5-16-23(18-24,20-14-10-7-11-15-20)21(17-22(26)25(2)3)19-12-8-6-9-13-19/h6-15,21H,4-5,16-17H2,1-3H3/t21-,23-/m0/s1. The van der Waals surface area contributed by atoms with Gasteiger partial charge in [0.2, 0.25) is 5.91 Å². The molecule has 0 N–H and O–H groups in total. The predicted octanol–water partition coefficient (Wildman–Crippen LogP) is 4.90. The van der Waals surface area contributed by atoms with E-state index in [9.17, 15) is 10.1 Å². The molecule has 2 aromatic rings. The summed E-state index contributed by atoms with van der Waals surface area (Å²) in [6, 6.07) is 22.6. The zero-order valence-corrected chi connectivity index (χ0v) is 16.0. The molecule has 0 heterocycles. The van der Waals surface area contributed by atoms with Crippen LogP contribution in [0.15, 0.2) is 60.7 Å². The Morgan fingerprint density at radius 3 is 2.15 bits per heavy atom. The molecule has 1 amide bonds. The zero-order valence-electron chi connectivity index (χ0n) is 16.0. The van der Waals surface area contributed by atoms with Gasteiger partial charge in [-0.05, 0) is 17.5 Å². The highest BCUT2D eigenvalue weighted by Gasteiger charge is 2.42. The Hall–Kier alpha value is -2.60. The first-order chi connectivity index (χ1) is 12.5. The van der Waals surface area contributed by atoms with Crippen molar-refractivity contribution in [2.75, 3.05) is 14.1 Å². The van der Waals surface area contributed by atoms with Crippen LogP contribution in [-0.2, 0) is 10.2 Å². The summed E-state index contributed by atoms with van der Waals surface area (Å²) in [5.41, 5.74) is 1.32. The minimum absolute atomic E-state index is 0.0471. The van der Waals surface area contributed by atoms with Crippen molar-refractivity contribution in [2.24, 2.45) is 0 Å². The van der Waals surface area contributed by atoms with Crippen molar-refractivity contribution in [2.45, 2.75) is 43.9 Å². The minimum atomic E-state index is -0.718. The molecular formula is C23H28N2O. The molecule has 0 aliphatic rings. The number of hydrogen-bond donors (Lipinski definition) is 0. The molecule has 3 nitrogen and oxygen atoms in total. The SMILES string of the molecule is CCCC[C@](C#N)(c1ccccc1)[C@@H](CC(=O)N(C)C)c1ccccc1. The van der Waals surface area contributed by atoms with Gasteiger partial charge in [0.05, 0.1) is 11.5 Å². The zero-order chi connectivity index (χ0) is 19.0. The fourth-order valence-corrected chi connectivity index (χ4v) is 3.53. The van der Waals surface area contributed by atoms with Crippen molar-refractivity contribution < 1.29 is 4.79 Å². The highest BCUT2D eigenvalue weighted by Crippen LogP contribution is 2.45. The molecule has 2 atom stereocenters. The van der Waals surface area contributed by atoms with E-state index in [2.05, 4.69) is 13.0 Å². The number of carbonyl (C=O) groups is 1. The summed E-state index contributed by atoms with van der Waals surface area (Å²) < 4.78 is 0. The summed E-state index contributed by atoms with van der Waals surface area (Å²) >= 11 is 0. The molecule has 0 aliphatic heterocycles. The molecule has 0 aromatic heterocycles. The van der Waals surface area contributed by atoms with Crippen molar-refractivity contribution in [1.29, 1.82) is 5.26 Å². The van der Waals surface area contributed by atoms with E-state index < -0.39 is 5.41 Å². The summed E-state index contributed by atoms with van der Waals surface area (Å²) in [4.78, 5) is 14.2. The van der Waals surface area contributed by atoms with Crippen LogP contribution in [0.4, 0.5) is 0 Å². The molecule has 3 heteroatoms. The molecule has 0 fully saturated rings. The fourth-order valence-electron chi connectivity index (χ4n) is 3.53. The third-order valence-electron chi connectivity index (χ3n) is 5.09. The number of benzene rings is 2. The Balaban J connectivity index is 2.60. The van der Waals surface area contributed by atoms with Crippen molar-refractivity contribution in [1.82, 2.24) is 4.90 Å². The summed E-state index contributed by atoms with van der Waals surface area (Å²) in [6.07, 6.45) is 3.02. The molecule has 2 aromatic carbocycles. The first-order valence-electron chi connectivity index (χ1n) is 9.27. The normalized spacial score (nSPS) is 14.1. The summed E-state index contributed by atoms with van der Waals surface area (Å²) in [5, 5.41) is 10.4. The molecule has 0 radical (unpaired) electrons. The Morgan fingerprint density at radius 2 is 1.65 bits per heavy atom. The van der Waals surface area contributed by atoms with Gasteiger partial charge in [0.15, 0.2) is 0 Å². The van der Waals surface area contributed by atoms with Crippen LogP contribution in [-0.4, -0.2) is 24.9 Å². The number of amides is 1. The molecule has 0 saturated carbocycles. The van der Waals surface area contributed by atoms with Gasteiger partial charge < -0.3 is 4.90 Å². The summed E-state index contributed by atoms with van der Waals surface area (Å²) in [6.45, 7) is 2.13. The maximum absolute atomic E-state index is 12.6. The molecule has 136 valence electrons. The molecule has 0 saturated heterocycles. The lowest BCUT2D eigenvalue weighted by Gasteiger charge is -2.36. The van der Waals surface area contributed by atoms with Crippen LogP contribution < -0.4 is 0 Å². The largest absolute Gasteiger partial charge is 0.349 e. The molecule has 0 spiro atoms. The predicted molar refractivity (Wildman–Crippen MR) is 106 cm³/mol. The monoisotopic (exact) mass is 348 g/mol. The van der Waals surface area contributed by atoms with Crippen LogP contribution >= 0.6 is 0 Å². The minimum Gasteiger partial charge on any atom is -0.349 e. The van der Waals surface area contributed by atoms with Gasteiger partial charge in [0, 0.05) is 26.4 Å². The van der Waals surface area contributed by atoms with E-state index in [1.165, 1.54) is 0 Å². The Labute approximate surface area is 157 Å². The van der Waals surface area contributed by atoms with Crippen LogP contribution in [0.1, 0.15) is 49.7 Å². The van der Waals surface area contributed by atoms with E-state index in [1.54, 1.807) is 19.0 Å². The first kappa shape index (κ1) is 19.7. The van der Waals surface area contributed by atoms with Crippen molar-refractivity contribution in [3.8, 4) is 6.07 Å². The highest BCUT2D eigenvalue weighted by molar-refractivity contribution is 5.77. The molecule has 0 unspecified atom stereocenters. The van der Waals surface area contributed by atoms with E-state index in [0.29, 0.717) is 6.42 Å². The Bertz CT molecular complexity index is 734. The smallest absolute Gasteiger partial charge is 0.222 e. The second-order valence-corrected chi connectivity index (χ2v) is 7.01. The van der Waals surface area contributed by atoms with Crippen LogP contribution in [0.3, 0.4) is 0 Å². The van der Waals surface area contributed by atoms with Gasteiger partial charge in [-0.3, -0.25) is 4.79 Å². The van der Waals surface area contributed by atoms with Crippen LogP contribution in [0.2, 0.25) is 0 Å². The average Bonchev–Trinajstić information content (AvgIpc) is 2.69. The number of nitrogens with zero attached hydrogens (tertiary/aromatic N) is 2. The van der Waals surface area contributed by atoms with Crippen LogP contribution in [0.5, 0.6) is 0 Å². The Kier molecular flexibility index (Phi) is 6.97. The number of carbonyl (C=O) groups excluding carboxylic acids is 1. The molecule has 0 aliphatic carbocycles. The summed E-state index contributed by atoms with van der Waals surface area (Å²) in [5.74, 6) is -0.136. The second kappa shape index (κ2) is 9.20. The topological polar surface area (TPSA) is 44.1 Å². The van der Waals surface area contributed by atoms with Crippen LogP contribution in [0, 0.1) is 11.3 Å². The lowest BCUT2D eigenvalue weighted by molar-refractivity contribution is -0.129. The highest BCUT2D eigenvalue weighted by atomic mass is 16.2. The van der Waals surface area contributed by atoms with Gasteiger partial charge in [-0.15, -0.1) is 0 Å². The second-order valence-electron chi connectivity index (χ2n) is 7.01. The first-order valence-corrected chi connectivity index (χ1v) is 9.27. The van der Waals surface area contributed by atoms with Gasteiger partial charge >= 0.3 is 0 Å². The van der Waals surface area contributed by atoms with Crippen LogP contribution in [0.25, 0.3) is 0 Å². The quantitative estimate of drug-likeness (QED) is 0.681. The maximum Gasteiger partial charge on any atom is 0.222 e. The van der Waals surface area contributed by atoms with Crippen molar-refractivity contribution in [3.63, 3.8) is 0 Å². The van der Waals surface area contributed by atoms with E-state index >= 15 is 0 Å². The molecule has 26 heavy (non-hydrogen) atoms. The lowest BCUT2D eigenvalue weighted by atomic mass is 9.64. The maximum atomic E-state index is 12.6. The summed E-state index contributed by atoms with van der Waals surface area (Å²) in [7, 11) is 3.54. The van der Waals surface area contributed by atoms with E-state index in [0.717, 1.165) is 30.4 Å². The molecular weight excluding hydrogens is 320 g/mol.